The molecule has 4 rings (SSSR count). The fourth-order valence-corrected chi connectivity index (χ4v) is 5.46. The van der Waals surface area contributed by atoms with Gasteiger partial charge in [0.25, 0.3) is 0 Å². The third-order valence-corrected chi connectivity index (χ3v) is 7.14. The van der Waals surface area contributed by atoms with E-state index in [0.717, 1.165) is 49.9 Å². The van der Waals surface area contributed by atoms with E-state index in [1.165, 1.54) is 57.7 Å². The Hall–Kier alpha value is -1.17. The lowest BCUT2D eigenvalue weighted by Crippen LogP contribution is -2.43. The SMILES string of the molecule is COc1ccc(F)c(CN(CC2CCN(C3CCCC3)CC2)C[C@H]2CCCO2)c1. The molecule has 0 spiro atoms. The second-order valence-corrected chi connectivity index (χ2v) is 9.20. The first-order valence-electron chi connectivity index (χ1n) is 11.6. The van der Waals surface area contributed by atoms with Gasteiger partial charge in [0.05, 0.1) is 13.2 Å². The fraction of sp³-hybridized carbons (Fsp3) is 0.750. The summed E-state index contributed by atoms with van der Waals surface area (Å²) in [7, 11) is 1.64. The molecule has 1 aromatic carbocycles. The fourth-order valence-electron chi connectivity index (χ4n) is 5.46. The Kier molecular flexibility index (Phi) is 7.44. The van der Waals surface area contributed by atoms with Crippen LogP contribution in [-0.4, -0.2) is 61.8 Å². The monoisotopic (exact) mass is 404 g/mol. The van der Waals surface area contributed by atoms with Crippen molar-refractivity contribution in [1.82, 2.24) is 9.80 Å². The lowest BCUT2D eigenvalue weighted by molar-refractivity contribution is 0.0536. The molecular formula is C24H37FN2O2. The Balaban J connectivity index is 1.36. The van der Waals surface area contributed by atoms with Gasteiger partial charge >= 0.3 is 0 Å². The average Bonchev–Trinajstić information content (AvgIpc) is 3.44. The zero-order valence-electron chi connectivity index (χ0n) is 18.0. The molecular weight excluding hydrogens is 367 g/mol. The van der Waals surface area contributed by atoms with Crippen molar-refractivity contribution in [3.05, 3.63) is 29.6 Å². The molecule has 1 saturated carbocycles. The number of hydrogen-bond acceptors (Lipinski definition) is 4. The van der Waals surface area contributed by atoms with Gasteiger partial charge in [0.1, 0.15) is 11.6 Å². The van der Waals surface area contributed by atoms with Gasteiger partial charge in [-0.15, -0.1) is 0 Å². The molecule has 0 amide bonds. The van der Waals surface area contributed by atoms with Crippen LogP contribution < -0.4 is 4.74 Å². The Labute approximate surface area is 175 Å². The van der Waals surface area contributed by atoms with E-state index in [1.807, 2.05) is 6.07 Å². The summed E-state index contributed by atoms with van der Waals surface area (Å²) in [6.45, 7) is 5.90. The normalized spacial score (nSPS) is 24.6. The Morgan fingerprint density at radius 1 is 1.07 bits per heavy atom. The van der Waals surface area contributed by atoms with Gasteiger partial charge in [0.15, 0.2) is 0 Å². The van der Waals surface area contributed by atoms with E-state index in [1.54, 1.807) is 13.2 Å². The van der Waals surface area contributed by atoms with Crippen LogP contribution in [0, 0.1) is 11.7 Å². The number of nitrogens with zero attached hydrogens (tertiary/aromatic N) is 2. The zero-order chi connectivity index (χ0) is 20.1. The first-order chi connectivity index (χ1) is 14.2. The van der Waals surface area contributed by atoms with E-state index in [4.69, 9.17) is 9.47 Å². The molecule has 1 aromatic rings. The van der Waals surface area contributed by atoms with Gasteiger partial charge in [-0.3, -0.25) is 4.90 Å². The number of methoxy groups -OCH3 is 1. The maximum atomic E-state index is 14.5. The predicted octanol–water partition coefficient (Wildman–Crippen LogP) is 4.47. The second-order valence-electron chi connectivity index (χ2n) is 9.20. The minimum Gasteiger partial charge on any atom is -0.497 e. The van der Waals surface area contributed by atoms with E-state index in [-0.39, 0.29) is 5.82 Å². The lowest BCUT2D eigenvalue weighted by Gasteiger charge is -2.38. The van der Waals surface area contributed by atoms with Crippen LogP contribution in [0.5, 0.6) is 5.75 Å². The second kappa shape index (κ2) is 10.2. The number of piperidine rings is 1. The quantitative estimate of drug-likeness (QED) is 0.638. The van der Waals surface area contributed by atoms with E-state index in [0.29, 0.717) is 18.6 Å². The van der Waals surface area contributed by atoms with E-state index < -0.39 is 0 Å². The molecule has 3 fully saturated rings. The molecule has 29 heavy (non-hydrogen) atoms. The molecule has 162 valence electrons. The summed E-state index contributed by atoms with van der Waals surface area (Å²) in [5, 5.41) is 0. The highest BCUT2D eigenvalue weighted by atomic mass is 19.1. The number of rotatable bonds is 8. The van der Waals surface area contributed by atoms with Gasteiger partial charge in [-0.25, -0.2) is 4.39 Å². The standard InChI is InChI=1S/C24H37FN2O2/c1-28-22-8-9-24(25)20(15-22)17-26(18-23-7-4-14-29-23)16-19-10-12-27(13-11-19)21-5-2-3-6-21/h8-9,15,19,21,23H,2-7,10-14,16-18H2,1H3/t23-/m1/s1. The minimum atomic E-state index is -0.140. The van der Waals surface area contributed by atoms with Gasteiger partial charge in [-0.2, -0.15) is 0 Å². The molecule has 2 heterocycles. The molecule has 1 aliphatic carbocycles. The van der Waals surface area contributed by atoms with Crippen molar-refractivity contribution < 1.29 is 13.9 Å². The van der Waals surface area contributed by atoms with Crippen molar-refractivity contribution in [1.29, 1.82) is 0 Å². The minimum absolute atomic E-state index is 0.140. The predicted molar refractivity (Wildman–Crippen MR) is 114 cm³/mol. The van der Waals surface area contributed by atoms with Crippen molar-refractivity contribution in [2.45, 2.75) is 70.1 Å². The van der Waals surface area contributed by atoms with Crippen molar-refractivity contribution >= 4 is 0 Å². The van der Waals surface area contributed by atoms with Crippen LogP contribution in [0.4, 0.5) is 4.39 Å². The topological polar surface area (TPSA) is 24.9 Å². The summed E-state index contributed by atoms with van der Waals surface area (Å²) in [5.74, 6) is 1.28. The molecule has 5 heteroatoms. The average molecular weight is 405 g/mol. The number of benzene rings is 1. The van der Waals surface area contributed by atoms with E-state index in [2.05, 4.69) is 9.80 Å². The Morgan fingerprint density at radius 3 is 2.55 bits per heavy atom. The largest absolute Gasteiger partial charge is 0.497 e. The Bertz CT molecular complexity index is 636. The molecule has 0 radical (unpaired) electrons. The zero-order valence-corrected chi connectivity index (χ0v) is 18.0. The third-order valence-electron chi connectivity index (χ3n) is 7.14. The maximum absolute atomic E-state index is 14.5. The van der Waals surface area contributed by atoms with Gasteiger partial charge < -0.3 is 14.4 Å². The molecule has 0 bridgehead atoms. The molecule has 3 aliphatic rings. The molecule has 0 aromatic heterocycles. The van der Waals surface area contributed by atoms with Crippen molar-refractivity contribution in [3.63, 3.8) is 0 Å². The van der Waals surface area contributed by atoms with Crippen LogP contribution in [0.2, 0.25) is 0 Å². The third kappa shape index (κ3) is 5.71. The van der Waals surface area contributed by atoms with Crippen molar-refractivity contribution in [2.24, 2.45) is 5.92 Å². The Morgan fingerprint density at radius 2 is 1.86 bits per heavy atom. The molecule has 4 nitrogen and oxygen atoms in total. The van der Waals surface area contributed by atoms with E-state index >= 15 is 0 Å². The molecule has 0 unspecified atom stereocenters. The van der Waals surface area contributed by atoms with Crippen LogP contribution in [0.1, 0.15) is 56.9 Å². The van der Waals surface area contributed by atoms with Crippen molar-refractivity contribution in [2.75, 3.05) is 39.9 Å². The van der Waals surface area contributed by atoms with E-state index in [9.17, 15) is 4.39 Å². The number of likely N-dealkylation sites (tertiary alicyclic amines) is 1. The summed E-state index contributed by atoms with van der Waals surface area (Å²) in [4.78, 5) is 5.17. The highest BCUT2D eigenvalue weighted by Crippen LogP contribution is 2.29. The van der Waals surface area contributed by atoms with Gasteiger partial charge in [-0.1, -0.05) is 12.8 Å². The highest BCUT2D eigenvalue weighted by Gasteiger charge is 2.29. The molecule has 2 saturated heterocycles. The number of hydrogen-bond donors (Lipinski definition) is 0. The van der Waals surface area contributed by atoms with Crippen LogP contribution in [0.3, 0.4) is 0 Å². The smallest absolute Gasteiger partial charge is 0.127 e. The highest BCUT2D eigenvalue weighted by molar-refractivity contribution is 5.29. The first-order valence-corrected chi connectivity index (χ1v) is 11.6. The number of ether oxygens (including phenoxy) is 2. The van der Waals surface area contributed by atoms with Crippen LogP contribution in [0.15, 0.2) is 18.2 Å². The summed E-state index contributed by atoms with van der Waals surface area (Å²) in [6, 6.07) is 5.91. The van der Waals surface area contributed by atoms with Gasteiger partial charge in [-0.05, 0) is 75.7 Å². The maximum Gasteiger partial charge on any atom is 0.127 e. The van der Waals surface area contributed by atoms with Crippen LogP contribution >= 0.6 is 0 Å². The van der Waals surface area contributed by atoms with Gasteiger partial charge in [0, 0.05) is 37.8 Å². The summed E-state index contributed by atoms with van der Waals surface area (Å²) in [5.41, 5.74) is 0.728. The summed E-state index contributed by atoms with van der Waals surface area (Å²) >= 11 is 0. The number of halogens is 1. The summed E-state index contributed by atoms with van der Waals surface area (Å²) < 4.78 is 25.7. The van der Waals surface area contributed by atoms with Gasteiger partial charge in [0.2, 0.25) is 0 Å². The van der Waals surface area contributed by atoms with Crippen LogP contribution in [-0.2, 0) is 11.3 Å². The molecule has 0 N–H and O–H groups in total. The summed E-state index contributed by atoms with van der Waals surface area (Å²) in [6.07, 6.45) is 10.7. The lowest BCUT2D eigenvalue weighted by atomic mass is 9.94. The molecule has 1 atom stereocenters. The van der Waals surface area contributed by atoms with Crippen molar-refractivity contribution in [3.8, 4) is 5.75 Å². The first kappa shape index (κ1) is 21.1. The molecule has 2 aliphatic heterocycles. The van der Waals surface area contributed by atoms with Crippen LogP contribution in [0.25, 0.3) is 0 Å².